The Balaban J connectivity index is 3.16. The van der Waals surface area contributed by atoms with E-state index in [9.17, 15) is 5.11 Å². The maximum absolute atomic E-state index is 9.52. The van der Waals surface area contributed by atoms with Crippen LogP contribution in [0.1, 0.15) is 40.5 Å². The molecule has 92 valence electrons. The molecule has 0 aliphatic heterocycles. The molecule has 0 bridgehead atoms. The van der Waals surface area contributed by atoms with Gasteiger partial charge in [0.2, 0.25) is 0 Å². The Kier molecular flexibility index (Phi) is 9.06. The number of ether oxygens (including phenoxy) is 1. The van der Waals surface area contributed by atoms with Crippen LogP contribution in [0, 0.1) is 5.92 Å². The lowest BCUT2D eigenvalue weighted by molar-refractivity contribution is 0.0256. The fraction of sp³-hybridized carbons (Fsp3) is 1.00. The molecule has 0 spiro atoms. The minimum Gasteiger partial charge on any atom is -0.391 e. The second-order valence-electron chi connectivity index (χ2n) is 4.82. The second-order valence-corrected chi connectivity index (χ2v) is 4.82. The van der Waals surface area contributed by atoms with E-state index in [0.29, 0.717) is 18.6 Å². The fourth-order valence-corrected chi connectivity index (χ4v) is 1.40. The van der Waals surface area contributed by atoms with Crippen LogP contribution in [0.3, 0.4) is 0 Å². The van der Waals surface area contributed by atoms with Crippen LogP contribution in [0.25, 0.3) is 0 Å². The largest absolute Gasteiger partial charge is 0.391 e. The molecule has 1 unspecified atom stereocenters. The van der Waals surface area contributed by atoms with Crippen molar-refractivity contribution in [3.05, 3.63) is 0 Å². The summed E-state index contributed by atoms with van der Waals surface area (Å²) in [6.45, 7) is 10.7. The maximum atomic E-state index is 9.52. The summed E-state index contributed by atoms with van der Waals surface area (Å²) in [5.74, 6) is 0.534. The molecule has 3 heteroatoms. The predicted molar refractivity (Wildman–Crippen MR) is 64.0 cm³/mol. The minimum absolute atomic E-state index is 0.303. The molecule has 15 heavy (non-hydrogen) atoms. The van der Waals surface area contributed by atoms with E-state index in [-0.39, 0.29) is 6.10 Å². The van der Waals surface area contributed by atoms with Crippen LogP contribution in [0.15, 0.2) is 0 Å². The highest BCUT2D eigenvalue weighted by Crippen LogP contribution is 2.04. The third-order valence-corrected chi connectivity index (χ3v) is 2.07. The summed E-state index contributed by atoms with van der Waals surface area (Å²) >= 11 is 0. The van der Waals surface area contributed by atoms with Gasteiger partial charge in [0, 0.05) is 12.6 Å². The van der Waals surface area contributed by atoms with Crippen LogP contribution in [0.2, 0.25) is 0 Å². The third-order valence-electron chi connectivity index (χ3n) is 2.07. The third kappa shape index (κ3) is 11.8. The highest BCUT2D eigenvalue weighted by Gasteiger charge is 2.06. The molecular formula is C12H27NO2. The molecule has 0 radical (unpaired) electrons. The summed E-state index contributed by atoms with van der Waals surface area (Å²) in [5.41, 5.74) is 0. The van der Waals surface area contributed by atoms with Crippen LogP contribution in [-0.2, 0) is 4.74 Å². The Morgan fingerprint density at radius 1 is 1.20 bits per heavy atom. The van der Waals surface area contributed by atoms with E-state index >= 15 is 0 Å². The van der Waals surface area contributed by atoms with Gasteiger partial charge in [-0.1, -0.05) is 27.7 Å². The van der Waals surface area contributed by atoms with Crippen LogP contribution in [0.5, 0.6) is 0 Å². The van der Waals surface area contributed by atoms with Crippen molar-refractivity contribution in [2.75, 3.05) is 19.8 Å². The van der Waals surface area contributed by atoms with Gasteiger partial charge in [-0.3, -0.25) is 0 Å². The summed E-state index contributed by atoms with van der Waals surface area (Å²) in [6, 6.07) is 0.538. The van der Waals surface area contributed by atoms with Crippen LogP contribution in [0.4, 0.5) is 0 Å². The van der Waals surface area contributed by atoms with E-state index in [0.717, 1.165) is 26.0 Å². The number of hydrogen-bond acceptors (Lipinski definition) is 3. The zero-order valence-electron chi connectivity index (χ0n) is 10.6. The van der Waals surface area contributed by atoms with Crippen molar-refractivity contribution in [2.24, 2.45) is 5.92 Å². The van der Waals surface area contributed by atoms with E-state index in [4.69, 9.17) is 4.74 Å². The number of rotatable bonds is 9. The molecule has 0 aliphatic carbocycles. The minimum atomic E-state index is -0.303. The van der Waals surface area contributed by atoms with Crippen LogP contribution < -0.4 is 5.32 Å². The first-order chi connectivity index (χ1) is 7.02. The fourth-order valence-electron chi connectivity index (χ4n) is 1.40. The van der Waals surface area contributed by atoms with Gasteiger partial charge >= 0.3 is 0 Å². The van der Waals surface area contributed by atoms with Gasteiger partial charge in [-0.15, -0.1) is 0 Å². The van der Waals surface area contributed by atoms with Crippen molar-refractivity contribution in [3.63, 3.8) is 0 Å². The molecule has 0 aromatic carbocycles. The smallest absolute Gasteiger partial charge is 0.0776 e. The van der Waals surface area contributed by atoms with Crippen molar-refractivity contribution in [3.8, 4) is 0 Å². The Hall–Kier alpha value is -0.120. The van der Waals surface area contributed by atoms with Gasteiger partial charge in [-0.05, 0) is 25.3 Å². The number of nitrogens with one attached hydrogen (secondary N) is 1. The monoisotopic (exact) mass is 217 g/mol. The van der Waals surface area contributed by atoms with Gasteiger partial charge in [-0.2, -0.15) is 0 Å². The Labute approximate surface area is 94.2 Å². The van der Waals surface area contributed by atoms with Gasteiger partial charge in [-0.25, -0.2) is 0 Å². The zero-order chi connectivity index (χ0) is 11.7. The summed E-state index contributed by atoms with van der Waals surface area (Å²) in [5, 5.41) is 12.8. The summed E-state index contributed by atoms with van der Waals surface area (Å²) in [6.07, 6.45) is 1.53. The molecule has 0 heterocycles. The number of aliphatic hydroxyl groups excluding tert-OH is 1. The molecule has 0 aromatic heterocycles. The van der Waals surface area contributed by atoms with Gasteiger partial charge in [0.05, 0.1) is 12.7 Å². The van der Waals surface area contributed by atoms with Gasteiger partial charge in [0.25, 0.3) is 0 Å². The molecule has 2 N–H and O–H groups in total. The molecule has 0 aliphatic rings. The van der Waals surface area contributed by atoms with E-state index in [1.54, 1.807) is 0 Å². The predicted octanol–water partition coefficient (Wildman–Crippen LogP) is 1.80. The summed E-state index contributed by atoms with van der Waals surface area (Å²) < 4.78 is 5.39. The lowest BCUT2D eigenvalue weighted by Gasteiger charge is -2.13. The van der Waals surface area contributed by atoms with Crippen LogP contribution >= 0.6 is 0 Å². The highest BCUT2D eigenvalue weighted by molar-refractivity contribution is 4.57. The molecule has 1 atom stereocenters. The molecule has 0 saturated carbocycles. The van der Waals surface area contributed by atoms with Gasteiger partial charge in [0.15, 0.2) is 0 Å². The molecule has 0 fully saturated rings. The lowest BCUT2D eigenvalue weighted by atomic mass is 10.1. The van der Waals surface area contributed by atoms with E-state index in [2.05, 4.69) is 33.0 Å². The van der Waals surface area contributed by atoms with E-state index in [1.807, 2.05) is 0 Å². The highest BCUT2D eigenvalue weighted by atomic mass is 16.5. The van der Waals surface area contributed by atoms with Crippen molar-refractivity contribution in [1.29, 1.82) is 0 Å². The van der Waals surface area contributed by atoms with Gasteiger partial charge in [0.1, 0.15) is 0 Å². The average Bonchev–Trinajstić information content (AvgIpc) is 2.09. The second kappa shape index (κ2) is 9.13. The van der Waals surface area contributed by atoms with Crippen molar-refractivity contribution in [2.45, 2.75) is 52.7 Å². The molecule has 0 saturated heterocycles. The van der Waals surface area contributed by atoms with Crippen LogP contribution in [-0.4, -0.2) is 37.0 Å². The van der Waals surface area contributed by atoms with E-state index in [1.165, 1.54) is 0 Å². The zero-order valence-corrected chi connectivity index (χ0v) is 10.6. The van der Waals surface area contributed by atoms with Gasteiger partial charge < -0.3 is 15.2 Å². The lowest BCUT2D eigenvalue weighted by Crippen LogP contribution is -2.25. The molecule has 0 amide bonds. The first-order valence-electron chi connectivity index (χ1n) is 6.01. The standard InChI is InChI=1S/C12H27NO2/c1-10(2)8-12(14)9-15-7-5-6-13-11(3)4/h10-14H,5-9H2,1-4H3. The molecule has 0 aromatic rings. The van der Waals surface area contributed by atoms with Crippen molar-refractivity contribution < 1.29 is 9.84 Å². The maximum Gasteiger partial charge on any atom is 0.0776 e. The SMILES string of the molecule is CC(C)CC(O)COCCCNC(C)C. The Morgan fingerprint density at radius 2 is 1.87 bits per heavy atom. The summed E-state index contributed by atoms with van der Waals surface area (Å²) in [7, 11) is 0. The van der Waals surface area contributed by atoms with Crippen molar-refractivity contribution >= 4 is 0 Å². The first kappa shape index (κ1) is 14.9. The molecule has 0 rings (SSSR count). The summed E-state index contributed by atoms with van der Waals surface area (Å²) in [4.78, 5) is 0. The molecular weight excluding hydrogens is 190 g/mol. The quantitative estimate of drug-likeness (QED) is 0.579. The van der Waals surface area contributed by atoms with E-state index < -0.39 is 0 Å². The average molecular weight is 217 g/mol. The Bertz CT molecular complexity index is 138. The molecule has 3 nitrogen and oxygen atoms in total. The topological polar surface area (TPSA) is 41.5 Å². The Morgan fingerprint density at radius 3 is 2.40 bits per heavy atom. The number of hydrogen-bond donors (Lipinski definition) is 2. The first-order valence-corrected chi connectivity index (χ1v) is 6.01. The normalized spacial score (nSPS) is 13.8. The number of aliphatic hydroxyl groups is 1. The van der Waals surface area contributed by atoms with Crippen molar-refractivity contribution in [1.82, 2.24) is 5.32 Å².